The number of aliphatic hydroxyl groups is 2. The summed E-state index contributed by atoms with van der Waals surface area (Å²) >= 11 is 0. The molecule has 1 fully saturated rings. The van der Waals surface area contributed by atoms with E-state index >= 15 is 0 Å². The van der Waals surface area contributed by atoms with Crippen LogP contribution in [0.5, 0.6) is 0 Å². The summed E-state index contributed by atoms with van der Waals surface area (Å²) < 4.78 is 13.1. The lowest BCUT2D eigenvalue weighted by molar-refractivity contribution is -0.140. The monoisotopic (exact) mass is 629 g/mol. The summed E-state index contributed by atoms with van der Waals surface area (Å²) in [7, 11) is 0. The van der Waals surface area contributed by atoms with E-state index in [0.29, 0.717) is 42.9 Å². The smallest absolute Gasteiger partial charge is 0.293 e. The van der Waals surface area contributed by atoms with Gasteiger partial charge >= 0.3 is 0 Å². The molecule has 3 N–H and O–H groups in total. The van der Waals surface area contributed by atoms with Crippen molar-refractivity contribution in [1.29, 1.82) is 0 Å². The van der Waals surface area contributed by atoms with Crippen molar-refractivity contribution in [3.63, 3.8) is 0 Å². The molecule has 5 heterocycles. The molecule has 1 aliphatic heterocycles. The first kappa shape index (κ1) is 30.9. The molecule has 46 heavy (non-hydrogen) atoms. The number of carbonyl (C=O) groups is 1. The number of aliphatic hydroxyl groups excluding tert-OH is 2. The van der Waals surface area contributed by atoms with E-state index in [4.69, 9.17) is 19.4 Å². The maximum Gasteiger partial charge on any atom is 0.293 e. The van der Waals surface area contributed by atoms with Crippen LogP contribution >= 0.6 is 0 Å². The highest BCUT2D eigenvalue weighted by Crippen LogP contribution is 2.40. The molecule has 6 rings (SSSR count). The topological polar surface area (TPSA) is 191 Å². The quantitative estimate of drug-likeness (QED) is 0.119. The van der Waals surface area contributed by atoms with Crippen molar-refractivity contribution in [3.05, 3.63) is 78.1 Å². The van der Waals surface area contributed by atoms with Crippen molar-refractivity contribution in [3.8, 4) is 0 Å². The first-order valence-electron chi connectivity index (χ1n) is 15.0. The van der Waals surface area contributed by atoms with Gasteiger partial charge in [0.2, 0.25) is 11.8 Å². The van der Waals surface area contributed by atoms with Crippen LogP contribution in [0.15, 0.2) is 61.1 Å². The largest absolute Gasteiger partial charge is 0.458 e. The summed E-state index contributed by atoms with van der Waals surface area (Å²) in [6, 6.07) is 15.6. The highest BCUT2D eigenvalue weighted by molar-refractivity contribution is 5.85. The van der Waals surface area contributed by atoms with Gasteiger partial charge in [0.05, 0.1) is 12.4 Å². The van der Waals surface area contributed by atoms with Gasteiger partial charge in [0, 0.05) is 31.4 Å². The fraction of sp³-hybridized carbons (Fsp3) is 0.400. The Kier molecular flexibility index (Phi) is 9.37. The lowest BCUT2D eigenvalue weighted by Gasteiger charge is -2.22. The first-order valence-corrected chi connectivity index (χ1v) is 15.0. The Morgan fingerprint density at radius 2 is 1.93 bits per heavy atom. The Balaban J connectivity index is 1.34. The number of nitrogens with zero attached hydrogens (tertiary/aromatic N) is 10. The molecule has 16 heteroatoms. The fourth-order valence-corrected chi connectivity index (χ4v) is 5.26. The summed E-state index contributed by atoms with van der Waals surface area (Å²) in [6.07, 6.45) is -0.0615. The Bertz CT molecular complexity index is 1730. The standard InChI is InChI=1S/C30H35N11O5/c1-19(2)41-37-26(36-38-41)25-24(45-18-43)23(44)29(46-25)40-16-33-22-27(39(17-42)15-12-20-8-4-3-5-9-20)34-30(35-28(22)40)32-14-11-21-10-6-7-13-31-21/h3-10,13,16,18-19,23-25,29,42,44H,11-12,14-15,17H2,1-2H3,(H,32,34,35)/t23-,24+,25+,29-/m1/s1. The van der Waals surface area contributed by atoms with E-state index in [9.17, 15) is 15.0 Å². The summed E-state index contributed by atoms with van der Waals surface area (Å²) in [5, 5.41) is 37.6. The Labute approximate surface area is 264 Å². The molecule has 4 aromatic heterocycles. The van der Waals surface area contributed by atoms with Gasteiger partial charge in [-0.25, -0.2) is 4.98 Å². The number of imidazole rings is 1. The number of ether oxygens (including phenoxy) is 2. The molecule has 0 aliphatic carbocycles. The predicted octanol–water partition coefficient (Wildman–Crippen LogP) is 1.61. The van der Waals surface area contributed by atoms with Gasteiger partial charge in [-0.05, 0) is 43.2 Å². The van der Waals surface area contributed by atoms with Gasteiger partial charge in [0.15, 0.2) is 35.4 Å². The second-order valence-electron chi connectivity index (χ2n) is 11.0. The van der Waals surface area contributed by atoms with Gasteiger partial charge in [-0.2, -0.15) is 14.8 Å². The van der Waals surface area contributed by atoms with Crippen molar-refractivity contribution in [1.82, 2.24) is 44.7 Å². The van der Waals surface area contributed by atoms with Gasteiger partial charge in [0.1, 0.15) is 12.8 Å². The normalized spacial score (nSPS) is 19.5. The van der Waals surface area contributed by atoms with Crippen LogP contribution in [0.4, 0.5) is 11.8 Å². The van der Waals surface area contributed by atoms with Crippen LogP contribution in [-0.4, -0.2) is 93.4 Å². The minimum atomic E-state index is -1.33. The number of tetrazole rings is 1. The highest BCUT2D eigenvalue weighted by Gasteiger charge is 2.49. The maximum absolute atomic E-state index is 11.4. The Morgan fingerprint density at radius 1 is 1.11 bits per heavy atom. The third kappa shape index (κ3) is 6.49. The number of nitrogens with one attached hydrogen (secondary N) is 1. The van der Waals surface area contributed by atoms with E-state index in [1.165, 1.54) is 11.1 Å². The van der Waals surface area contributed by atoms with Crippen molar-refractivity contribution in [2.45, 2.75) is 57.3 Å². The summed E-state index contributed by atoms with van der Waals surface area (Å²) in [4.78, 5) is 33.0. The van der Waals surface area contributed by atoms with Crippen molar-refractivity contribution in [2.24, 2.45) is 0 Å². The molecule has 1 saturated heterocycles. The van der Waals surface area contributed by atoms with Crippen LogP contribution in [0.25, 0.3) is 11.2 Å². The Morgan fingerprint density at radius 3 is 2.65 bits per heavy atom. The molecule has 1 aliphatic rings. The first-order chi connectivity index (χ1) is 22.5. The molecule has 0 unspecified atom stereocenters. The van der Waals surface area contributed by atoms with E-state index in [0.717, 1.165) is 11.3 Å². The SMILES string of the molecule is CC(C)n1nnc([C@H]2O[C@@H](n3cnc4c(N(CO)CCc5ccccc5)nc(NCCc5ccccn5)nc43)[C@H](O)[C@@H]2OC=O)n1. The molecular weight excluding hydrogens is 594 g/mol. The van der Waals surface area contributed by atoms with Crippen molar-refractivity contribution < 1.29 is 24.5 Å². The fourth-order valence-electron chi connectivity index (χ4n) is 5.26. The molecule has 16 nitrogen and oxygen atoms in total. The van der Waals surface area contributed by atoms with Crippen LogP contribution in [0.3, 0.4) is 0 Å². The van der Waals surface area contributed by atoms with Gasteiger partial charge in [-0.3, -0.25) is 14.3 Å². The van der Waals surface area contributed by atoms with Gasteiger partial charge in [-0.1, -0.05) is 36.4 Å². The van der Waals surface area contributed by atoms with E-state index in [1.807, 2.05) is 62.4 Å². The molecule has 0 saturated carbocycles. The lowest BCUT2D eigenvalue weighted by Crippen LogP contribution is -2.32. The summed E-state index contributed by atoms with van der Waals surface area (Å²) in [5.41, 5.74) is 2.72. The number of carbonyl (C=O) groups excluding carboxylic acids is 1. The van der Waals surface area contributed by atoms with E-state index in [-0.39, 0.29) is 31.0 Å². The van der Waals surface area contributed by atoms with Gasteiger partial charge < -0.3 is 29.9 Å². The average molecular weight is 630 g/mol. The predicted molar refractivity (Wildman–Crippen MR) is 164 cm³/mol. The van der Waals surface area contributed by atoms with E-state index in [2.05, 4.69) is 30.7 Å². The number of anilines is 2. The minimum Gasteiger partial charge on any atom is -0.458 e. The second kappa shape index (κ2) is 13.9. The molecule has 0 spiro atoms. The molecular formula is C30H35N11O5. The number of rotatable bonds is 14. The number of hydrogen-bond acceptors (Lipinski definition) is 14. The van der Waals surface area contributed by atoms with E-state index in [1.54, 1.807) is 15.7 Å². The number of pyridine rings is 1. The molecule has 0 amide bonds. The zero-order chi connectivity index (χ0) is 32.0. The molecule has 0 radical (unpaired) electrons. The zero-order valence-electron chi connectivity index (χ0n) is 25.4. The third-order valence-electron chi connectivity index (χ3n) is 7.64. The molecule has 0 bridgehead atoms. The van der Waals surface area contributed by atoms with Gasteiger partial charge in [-0.15, -0.1) is 10.2 Å². The Hall–Kier alpha value is -5.06. The van der Waals surface area contributed by atoms with Gasteiger partial charge in [0.25, 0.3) is 6.47 Å². The van der Waals surface area contributed by atoms with Crippen LogP contribution in [0.1, 0.15) is 49.3 Å². The number of hydrogen-bond donors (Lipinski definition) is 3. The lowest BCUT2D eigenvalue weighted by atomic mass is 10.1. The summed E-state index contributed by atoms with van der Waals surface area (Å²) in [6.45, 7) is 4.65. The van der Waals surface area contributed by atoms with Crippen molar-refractivity contribution in [2.75, 3.05) is 30.0 Å². The third-order valence-corrected chi connectivity index (χ3v) is 7.64. The summed E-state index contributed by atoms with van der Waals surface area (Å²) in [5.74, 6) is 0.837. The van der Waals surface area contributed by atoms with E-state index < -0.39 is 24.5 Å². The van der Waals surface area contributed by atoms with Crippen LogP contribution in [-0.2, 0) is 27.1 Å². The molecule has 240 valence electrons. The number of aromatic nitrogens is 9. The average Bonchev–Trinajstić information content (AvgIpc) is 3.81. The number of benzene rings is 1. The zero-order valence-corrected chi connectivity index (χ0v) is 25.4. The highest BCUT2D eigenvalue weighted by atomic mass is 16.6. The van der Waals surface area contributed by atoms with Crippen molar-refractivity contribution >= 4 is 29.4 Å². The van der Waals surface area contributed by atoms with Crippen LogP contribution < -0.4 is 10.2 Å². The van der Waals surface area contributed by atoms with Crippen LogP contribution in [0.2, 0.25) is 0 Å². The minimum absolute atomic E-state index is 0.0681. The molecule has 1 aromatic carbocycles. The maximum atomic E-state index is 11.4. The van der Waals surface area contributed by atoms with Crippen LogP contribution in [0, 0.1) is 0 Å². The second-order valence-corrected chi connectivity index (χ2v) is 11.0. The molecule has 4 atom stereocenters. The number of fused-ring (bicyclic) bond motifs is 1. The molecule has 5 aromatic rings.